The van der Waals surface area contributed by atoms with E-state index in [0.29, 0.717) is 5.69 Å². The number of amides is 1. The van der Waals surface area contributed by atoms with Gasteiger partial charge in [-0.2, -0.15) is 18.3 Å². The summed E-state index contributed by atoms with van der Waals surface area (Å²) >= 11 is 5.87. The van der Waals surface area contributed by atoms with Crippen LogP contribution in [0.1, 0.15) is 23.0 Å². The number of nitrogens with zero attached hydrogens (tertiary/aromatic N) is 1. The summed E-state index contributed by atoms with van der Waals surface area (Å²) in [6.07, 6.45) is -7.04. The second-order valence-corrected chi connectivity index (χ2v) is 6.89. The van der Waals surface area contributed by atoms with E-state index in [1.807, 2.05) is 0 Å². The summed E-state index contributed by atoms with van der Waals surface area (Å²) in [6.45, 7) is 2.29. The highest BCUT2D eigenvalue weighted by Gasteiger charge is 2.39. The first kappa shape index (κ1) is 22.3. The smallest absolute Gasteiger partial charge is 0.425 e. The Labute approximate surface area is 177 Å². The van der Waals surface area contributed by atoms with Crippen molar-refractivity contribution >= 4 is 23.2 Å². The summed E-state index contributed by atoms with van der Waals surface area (Å²) in [6, 6.07) is 5.52. The van der Waals surface area contributed by atoms with Gasteiger partial charge in [0.25, 0.3) is 5.91 Å². The first-order chi connectivity index (χ1) is 14.5. The predicted octanol–water partition coefficient (Wildman–Crippen LogP) is 4.45. The zero-order valence-corrected chi connectivity index (χ0v) is 16.8. The third kappa shape index (κ3) is 4.88. The average molecular weight is 459 g/mol. The van der Waals surface area contributed by atoms with Crippen molar-refractivity contribution in [3.8, 4) is 17.0 Å². The Balaban J connectivity index is 2.09. The highest BCUT2D eigenvalue weighted by Crippen LogP contribution is 2.33. The van der Waals surface area contributed by atoms with Crippen LogP contribution in [0.4, 0.5) is 23.2 Å². The van der Waals surface area contributed by atoms with Gasteiger partial charge >= 0.3 is 6.18 Å². The van der Waals surface area contributed by atoms with E-state index in [4.69, 9.17) is 16.3 Å². The molecule has 2 heterocycles. The number of H-pyrrole nitrogens is 2. The molecule has 1 aromatic carbocycles. The minimum absolute atomic E-state index is 0.00445. The molecule has 0 bridgehead atoms. The number of nitrogens with one attached hydrogen (secondary N) is 3. The molecule has 31 heavy (non-hydrogen) atoms. The second kappa shape index (κ2) is 8.42. The molecule has 7 nitrogen and oxygen atoms in total. The van der Waals surface area contributed by atoms with Crippen LogP contribution in [0, 0.1) is 12.7 Å². The number of ether oxygens (including phenoxy) is 1. The maximum atomic E-state index is 14.8. The topological polar surface area (TPSA) is 99.9 Å². The van der Waals surface area contributed by atoms with Crippen LogP contribution in [0.15, 0.2) is 35.1 Å². The molecule has 0 aliphatic rings. The van der Waals surface area contributed by atoms with E-state index in [-0.39, 0.29) is 22.1 Å². The number of carbonyl (C=O) groups excluding carboxylic acids is 1. The molecule has 3 aromatic rings. The minimum atomic E-state index is -4.74. The highest BCUT2D eigenvalue weighted by molar-refractivity contribution is 6.33. The molecule has 0 aliphatic carbocycles. The number of carbonyl (C=O) groups is 1. The van der Waals surface area contributed by atoms with Crippen LogP contribution in [0.5, 0.6) is 5.75 Å². The van der Waals surface area contributed by atoms with Gasteiger partial charge in [0, 0.05) is 11.6 Å². The molecule has 3 N–H and O–H groups in total. The third-order valence-electron chi connectivity index (χ3n) is 4.28. The van der Waals surface area contributed by atoms with E-state index in [1.165, 1.54) is 18.2 Å². The first-order valence-corrected chi connectivity index (χ1v) is 9.13. The number of hydrogen-bond donors (Lipinski definition) is 3. The van der Waals surface area contributed by atoms with Gasteiger partial charge in [-0.05, 0) is 32.0 Å². The molecule has 1 amide bonds. The zero-order valence-electron chi connectivity index (χ0n) is 16.0. The van der Waals surface area contributed by atoms with Gasteiger partial charge in [0.2, 0.25) is 5.56 Å². The van der Waals surface area contributed by atoms with Gasteiger partial charge in [-0.3, -0.25) is 14.7 Å². The summed E-state index contributed by atoms with van der Waals surface area (Å²) < 4.78 is 58.9. The Kier molecular flexibility index (Phi) is 6.07. The molecule has 0 saturated carbocycles. The van der Waals surface area contributed by atoms with Crippen molar-refractivity contribution in [1.82, 2.24) is 15.2 Å². The zero-order chi connectivity index (χ0) is 22.9. The van der Waals surface area contributed by atoms with Gasteiger partial charge in [0.15, 0.2) is 11.3 Å². The maximum Gasteiger partial charge on any atom is 0.425 e. The fraction of sp³-hybridized carbons (Fsp3) is 0.211. The molecule has 12 heteroatoms. The summed E-state index contributed by atoms with van der Waals surface area (Å²) in [5.74, 6) is -2.47. The lowest BCUT2D eigenvalue weighted by molar-refractivity contribution is -0.189. The normalized spacial score (nSPS) is 12.5. The van der Waals surface area contributed by atoms with Crippen LogP contribution < -0.4 is 15.6 Å². The molecule has 164 valence electrons. The van der Waals surface area contributed by atoms with Crippen molar-refractivity contribution < 1.29 is 27.1 Å². The van der Waals surface area contributed by atoms with Crippen molar-refractivity contribution in [1.29, 1.82) is 0 Å². The monoisotopic (exact) mass is 458 g/mol. The van der Waals surface area contributed by atoms with E-state index in [0.717, 1.165) is 19.1 Å². The van der Waals surface area contributed by atoms with E-state index in [2.05, 4.69) is 20.5 Å². The molecule has 0 fully saturated rings. The quantitative estimate of drug-likeness (QED) is 0.492. The molecule has 3 rings (SSSR count). The van der Waals surface area contributed by atoms with Crippen LogP contribution in [-0.4, -0.2) is 33.4 Å². The number of halogens is 5. The van der Waals surface area contributed by atoms with Crippen LogP contribution in [0.2, 0.25) is 5.15 Å². The SMILES string of the molecule is Cc1[nH]nc(Cl)c1NC(=O)c1cc(F)c(-c2cccc(=O)[nH]2)cc1OC(C)C(F)(F)F. The van der Waals surface area contributed by atoms with Crippen molar-refractivity contribution in [2.24, 2.45) is 0 Å². The lowest BCUT2D eigenvalue weighted by Gasteiger charge is -2.20. The molecule has 1 unspecified atom stereocenters. The largest absolute Gasteiger partial charge is 0.480 e. The number of aryl methyl sites for hydroxylation is 1. The molecule has 0 aliphatic heterocycles. The van der Waals surface area contributed by atoms with Gasteiger partial charge in [0.05, 0.1) is 17.0 Å². The second-order valence-electron chi connectivity index (χ2n) is 6.53. The molecule has 0 spiro atoms. The number of aromatic amines is 2. The van der Waals surface area contributed by atoms with Gasteiger partial charge in [-0.1, -0.05) is 17.7 Å². The lowest BCUT2D eigenvalue weighted by Crippen LogP contribution is -2.32. The molecule has 0 radical (unpaired) electrons. The fourth-order valence-corrected chi connectivity index (χ4v) is 2.85. The summed E-state index contributed by atoms with van der Waals surface area (Å²) in [5.41, 5.74) is -0.852. The van der Waals surface area contributed by atoms with Crippen LogP contribution in [-0.2, 0) is 0 Å². The van der Waals surface area contributed by atoms with Crippen molar-refractivity contribution in [3.05, 3.63) is 62.9 Å². The molecular formula is C19H15ClF4N4O3. The molecule has 0 saturated heterocycles. The van der Waals surface area contributed by atoms with E-state index < -0.39 is 40.9 Å². The number of benzene rings is 1. The van der Waals surface area contributed by atoms with Crippen molar-refractivity contribution in [3.63, 3.8) is 0 Å². The average Bonchev–Trinajstić information content (AvgIpc) is 3.00. The number of rotatable bonds is 5. The maximum absolute atomic E-state index is 14.8. The van der Waals surface area contributed by atoms with E-state index in [1.54, 1.807) is 6.92 Å². The van der Waals surface area contributed by atoms with Crippen molar-refractivity contribution in [2.75, 3.05) is 5.32 Å². The summed E-state index contributed by atoms with van der Waals surface area (Å²) in [4.78, 5) is 26.6. The lowest BCUT2D eigenvalue weighted by atomic mass is 10.1. The minimum Gasteiger partial charge on any atom is -0.480 e. The number of pyridine rings is 1. The van der Waals surface area contributed by atoms with E-state index >= 15 is 0 Å². The molecule has 2 aromatic heterocycles. The molecular weight excluding hydrogens is 444 g/mol. The molecule has 1 atom stereocenters. The number of aromatic nitrogens is 3. The number of anilines is 1. The Bertz CT molecular complexity index is 1170. The Morgan fingerprint density at radius 1 is 1.29 bits per heavy atom. The fourth-order valence-electron chi connectivity index (χ4n) is 2.62. The Hall–Kier alpha value is -3.34. The standard InChI is InChI=1S/C19H15ClF4N4O3/c1-8-16(17(20)28-27-8)26-18(30)11-6-12(21)10(13-4-3-5-15(29)25-13)7-14(11)31-9(2)19(22,23)24/h3-7,9H,1-2H3,(H,25,29)(H,26,30)(H,27,28). The van der Waals surface area contributed by atoms with Crippen LogP contribution >= 0.6 is 11.6 Å². The Morgan fingerprint density at radius 3 is 2.58 bits per heavy atom. The van der Waals surface area contributed by atoms with E-state index in [9.17, 15) is 27.2 Å². The number of alkyl halides is 3. The highest BCUT2D eigenvalue weighted by atomic mass is 35.5. The summed E-state index contributed by atoms with van der Waals surface area (Å²) in [7, 11) is 0. The van der Waals surface area contributed by atoms with Crippen LogP contribution in [0.3, 0.4) is 0 Å². The van der Waals surface area contributed by atoms with Gasteiger partial charge in [0.1, 0.15) is 17.3 Å². The predicted molar refractivity (Wildman–Crippen MR) is 105 cm³/mol. The number of hydrogen-bond acceptors (Lipinski definition) is 4. The van der Waals surface area contributed by atoms with Crippen molar-refractivity contribution in [2.45, 2.75) is 26.1 Å². The van der Waals surface area contributed by atoms with Gasteiger partial charge < -0.3 is 15.0 Å². The Morgan fingerprint density at radius 2 is 2.00 bits per heavy atom. The third-order valence-corrected chi connectivity index (χ3v) is 4.55. The summed E-state index contributed by atoms with van der Waals surface area (Å²) in [5, 5.41) is 8.49. The first-order valence-electron chi connectivity index (χ1n) is 8.75. The van der Waals surface area contributed by atoms with Gasteiger partial charge in [-0.15, -0.1) is 0 Å². The van der Waals surface area contributed by atoms with Crippen LogP contribution in [0.25, 0.3) is 11.3 Å². The van der Waals surface area contributed by atoms with Gasteiger partial charge in [-0.25, -0.2) is 4.39 Å².